The number of aliphatic hydroxyl groups is 1. The second-order valence-corrected chi connectivity index (χ2v) is 25.2. The van der Waals surface area contributed by atoms with Crippen molar-refractivity contribution in [3.05, 3.63) is 146 Å². The number of hydrogen-bond donors (Lipinski definition) is 2. The molecule has 0 aromatic carbocycles. The van der Waals surface area contributed by atoms with Gasteiger partial charge in [-0.15, -0.1) is 0 Å². The highest BCUT2D eigenvalue weighted by molar-refractivity contribution is 7.45. The normalized spacial score (nSPS) is 14.6. The lowest BCUT2D eigenvalue weighted by Crippen LogP contribution is -2.45. The van der Waals surface area contributed by atoms with E-state index in [1.165, 1.54) is 128 Å². The maximum absolute atomic E-state index is 13.0. The molecule has 0 aromatic rings. The highest BCUT2D eigenvalue weighted by Gasteiger charge is 2.23. The first kappa shape index (κ1) is 80.4. The van der Waals surface area contributed by atoms with Crippen LogP contribution >= 0.6 is 7.82 Å². The van der Waals surface area contributed by atoms with E-state index in [0.717, 1.165) is 122 Å². The van der Waals surface area contributed by atoms with E-state index in [0.29, 0.717) is 17.4 Å². The van der Waals surface area contributed by atoms with Gasteiger partial charge in [0.05, 0.1) is 39.9 Å². The number of rotatable bonds is 61. The zero-order valence-corrected chi connectivity index (χ0v) is 55.7. The summed E-state index contributed by atoms with van der Waals surface area (Å²) in [5.41, 5.74) is 0. The third-order valence-electron chi connectivity index (χ3n) is 14.5. The number of aliphatic hydroxyl groups excluding tert-OH is 1. The van der Waals surface area contributed by atoms with Crippen molar-refractivity contribution in [2.75, 3.05) is 40.9 Å². The summed E-state index contributed by atoms with van der Waals surface area (Å²) in [7, 11) is 1.20. The van der Waals surface area contributed by atoms with Crippen molar-refractivity contribution in [3.8, 4) is 0 Å². The number of hydrogen-bond acceptors (Lipinski definition) is 6. The zero-order chi connectivity index (χ0) is 61.2. The molecule has 480 valence electrons. The Balaban J connectivity index is 4.27. The van der Waals surface area contributed by atoms with Gasteiger partial charge in [0.25, 0.3) is 7.82 Å². The Morgan fingerprint density at radius 2 is 0.738 bits per heavy atom. The van der Waals surface area contributed by atoms with E-state index in [1.54, 1.807) is 6.08 Å². The van der Waals surface area contributed by atoms with E-state index in [9.17, 15) is 19.4 Å². The molecule has 0 rings (SSSR count). The van der Waals surface area contributed by atoms with Crippen molar-refractivity contribution in [2.24, 2.45) is 0 Å². The summed E-state index contributed by atoms with van der Waals surface area (Å²) in [6, 6.07) is -0.934. The number of amides is 1. The number of quaternary nitrogens is 1. The van der Waals surface area contributed by atoms with Gasteiger partial charge in [-0.2, -0.15) is 0 Å². The van der Waals surface area contributed by atoms with E-state index in [-0.39, 0.29) is 12.5 Å². The molecule has 2 N–H and O–H groups in total. The molecule has 1 amide bonds. The predicted octanol–water partition coefficient (Wildman–Crippen LogP) is 21.4. The van der Waals surface area contributed by atoms with E-state index in [2.05, 4.69) is 153 Å². The number of carbonyl (C=O) groups is 1. The molecule has 3 atom stereocenters. The van der Waals surface area contributed by atoms with Crippen molar-refractivity contribution in [3.63, 3.8) is 0 Å². The Morgan fingerprint density at radius 3 is 1.11 bits per heavy atom. The van der Waals surface area contributed by atoms with Gasteiger partial charge in [0.15, 0.2) is 0 Å². The van der Waals surface area contributed by atoms with Crippen LogP contribution in [-0.2, 0) is 18.4 Å². The first-order valence-electron chi connectivity index (χ1n) is 34.2. The molecule has 9 heteroatoms. The molecule has 0 aromatic heterocycles. The SMILES string of the molecule is CC/C=C\C/C=C\C/C=C\C/C=C\C/C=C\C/C=C\C/C=C\C/C=C\C/C=C\CCCCCCCC(=O)NC(COP(=O)([O-])OCC[N+](C)(C)C)C(O)/C=C/CC/C=C/CC/C=C/CCCCCCCCCCCCCCCCCCCCC. The van der Waals surface area contributed by atoms with Crippen LogP contribution in [-0.4, -0.2) is 68.5 Å². The molecule has 0 spiro atoms. The van der Waals surface area contributed by atoms with Gasteiger partial charge in [-0.25, -0.2) is 0 Å². The number of nitrogens with one attached hydrogen (secondary N) is 1. The highest BCUT2D eigenvalue weighted by Crippen LogP contribution is 2.38. The van der Waals surface area contributed by atoms with E-state index >= 15 is 0 Å². The first-order valence-corrected chi connectivity index (χ1v) is 35.7. The monoisotopic (exact) mass is 1180 g/mol. The Kier molecular flexibility index (Phi) is 61.1. The number of likely N-dealkylation sites (N-methyl/N-ethyl adjacent to an activating group) is 1. The smallest absolute Gasteiger partial charge is 0.268 e. The molecule has 0 saturated heterocycles. The fourth-order valence-corrected chi connectivity index (χ4v) is 9.96. The van der Waals surface area contributed by atoms with Gasteiger partial charge < -0.3 is 28.8 Å². The lowest BCUT2D eigenvalue weighted by Gasteiger charge is -2.29. The van der Waals surface area contributed by atoms with Crippen LogP contribution in [0.15, 0.2) is 146 Å². The Bertz CT molecular complexity index is 1880. The largest absolute Gasteiger partial charge is 0.756 e. The van der Waals surface area contributed by atoms with Gasteiger partial charge in [0, 0.05) is 6.42 Å². The fourth-order valence-electron chi connectivity index (χ4n) is 9.24. The van der Waals surface area contributed by atoms with Crippen LogP contribution in [0.3, 0.4) is 0 Å². The molecule has 0 aliphatic carbocycles. The summed E-state index contributed by atoms with van der Waals surface area (Å²) in [6.45, 7) is 4.49. The third-order valence-corrected chi connectivity index (χ3v) is 15.5. The predicted molar refractivity (Wildman–Crippen MR) is 366 cm³/mol. The van der Waals surface area contributed by atoms with Gasteiger partial charge in [-0.3, -0.25) is 9.36 Å². The topological polar surface area (TPSA) is 108 Å². The summed E-state index contributed by atoms with van der Waals surface area (Å²) in [5.74, 6) is -0.235. The maximum Gasteiger partial charge on any atom is 0.268 e. The molecule has 0 bridgehead atoms. The number of phosphoric acid groups is 1. The van der Waals surface area contributed by atoms with E-state index < -0.39 is 26.6 Å². The molecule has 0 heterocycles. The minimum Gasteiger partial charge on any atom is -0.756 e. The van der Waals surface area contributed by atoms with Crippen molar-refractivity contribution >= 4 is 13.7 Å². The second kappa shape index (κ2) is 63.9. The molecule has 0 aliphatic heterocycles. The van der Waals surface area contributed by atoms with Crippen molar-refractivity contribution in [1.29, 1.82) is 0 Å². The summed E-state index contributed by atoms with van der Waals surface area (Å²) < 4.78 is 23.4. The summed E-state index contributed by atoms with van der Waals surface area (Å²) in [6.07, 6.45) is 98.2. The van der Waals surface area contributed by atoms with Gasteiger partial charge in [-0.05, 0) is 116 Å². The van der Waals surface area contributed by atoms with Crippen molar-refractivity contribution in [2.45, 2.75) is 283 Å². The average Bonchev–Trinajstić information content (AvgIpc) is 3.56. The van der Waals surface area contributed by atoms with Crippen molar-refractivity contribution < 1.29 is 32.9 Å². The standard InChI is InChI=1S/C75H129N2O6P/c1-6-8-10-12-14-16-18-20-22-24-26-28-30-32-34-36-37-38-39-41-43-45-47-49-51-53-55-57-59-61-63-65-67-69-75(79)76-73(72-83-84(80,81)82-71-70-77(3,4)5)74(78)68-66-64-62-60-58-56-54-52-50-48-46-44-42-40-35-33-31-29-27-25-23-21-19-17-15-13-11-9-7-2/h8,10,14,16,20,22,26,28,32,34,37-38,41,43,47,49-50,52-53,55,58,60,66,68,73-74,78H,6-7,9,11-13,15,17-19,21,23-25,27,29-31,33,35-36,39-40,42,44-46,48,51,54,56-57,59,61-65,67,69-72H2,1-5H3,(H-,76,79,80,81)/b10-8-,16-14-,22-20-,28-26-,34-32-,38-37-,43-41-,49-47-,52-50+,55-53-,60-58+,68-66+. The number of carbonyl (C=O) groups excluding carboxylic acids is 1. The lowest BCUT2D eigenvalue weighted by molar-refractivity contribution is -0.870. The summed E-state index contributed by atoms with van der Waals surface area (Å²) in [5, 5.41) is 13.9. The molecule has 84 heavy (non-hydrogen) atoms. The number of allylic oxidation sites excluding steroid dienone is 23. The number of phosphoric ester groups is 1. The van der Waals surface area contributed by atoms with Crippen molar-refractivity contribution in [1.82, 2.24) is 5.32 Å². The van der Waals surface area contributed by atoms with Crippen LogP contribution in [0.1, 0.15) is 271 Å². The van der Waals surface area contributed by atoms with Crippen LogP contribution < -0.4 is 10.2 Å². The van der Waals surface area contributed by atoms with Gasteiger partial charge in [-0.1, -0.05) is 295 Å². The van der Waals surface area contributed by atoms with Crippen LogP contribution in [0.25, 0.3) is 0 Å². The van der Waals surface area contributed by atoms with Crippen LogP contribution in [0.4, 0.5) is 0 Å². The average molecular weight is 1190 g/mol. The summed E-state index contributed by atoms with van der Waals surface area (Å²) >= 11 is 0. The molecule has 0 fully saturated rings. The maximum atomic E-state index is 13.0. The zero-order valence-electron chi connectivity index (χ0n) is 54.8. The van der Waals surface area contributed by atoms with E-state index in [4.69, 9.17) is 9.05 Å². The Morgan fingerprint density at radius 1 is 0.429 bits per heavy atom. The fraction of sp³-hybridized carbons (Fsp3) is 0.667. The summed E-state index contributed by atoms with van der Waals surface area (Å²) in [4.78, 5) is 25.6. The molecule has 0 radical (unpaired) electrons. The highest BCUT2D eigenvalue weighted by atomic mass is 31.2. The molecule has 8 nitrogen and oxygen atoms in total. The Labute approximate surface area is 519 Å². The van der Waals surface area contributed by atoms with E-state index in [1.807, 2.05) is 27.2 Å². The van der Waals surface area contributed by atoms with Gasteiger partial charge >= 0.3 is 0 Å². The minimum absolute atomic E-state index is 0.0212. The molecule has 3 unspecified atom stereocenters. The van der Waals surface area contributed by atoms with Crippen LogP contribution in [0.2, 0.25) is 0 Å². The minimum atomic E-state index is -4.63. The molecular formula is C75H129N2O6P. The van der Waals surface area contributed by atoms with Crippen LogP contribution in [0, 0.1) is 0 Å². The first-order chi connectivity index (χ1) is 41.0. The van der Waals surface area contributed by atoms with Gasteiger partial charge in [0.2, 0.25) is 5.91 Å². The number of nitrogens with zero attached hydrogens (tertiary/aromatic N) is 1. The third kappa shape index (κ3) is 65.9. The Hall–Kier alpha value is -3.62. The van der Waals surface area contributed by atoms with Crippen LogP contribution in [0.5, 0.6) is 0 Å². The molecule has 0 aliphatic rings. The molecule has 0 saturated carbocycles. The quantitative estimate of drug-likeness (QED) is 0.0272. The van der Waals surface area contributed by atoms with Gasteiger partial charge in [0.1, 0.15) is 13.2 Å². The lowest BCUT2D eigenvalue weighted by atomic mass is 10.0. The second-order valence-electron chi connectivity index (χ2n) is 23.8. The number of unbranched alkanes of at least 4 members (excludes halogenated alkanes) is 26. The molecular weight excluding hydrogens is 1060 g/mol.